The predicted molar refractivity (Wildman–Crippen MR) is 157 cm³/mol. The molecule has 0 bridgehead atoms. The highest BCUT2D eigenvalue weighted by molar-refractivity contribution is 6.26. The zero-order valence-corrected chi connectivity index (χ0v) is 22.4. The number of hydrogen-bond acceptors (Lipinski definition) is 9. The summed E-state index contributed by atoms with van der Waals surface area (Å²) in [7, 11) is 0. The first-order valence-corrected chi connectivity index (χ1v) is 12.9. The van der Waals surface area contributed by atoms with Gasteiger partial charge in [0.05, 0.1) is 21.9 Å². The van der Waals surface area contributed by atoms with Crippen molar-refractivity contribution in [3.8, 4) is 45.3 Å². The van der Waals surface area contributed by atoms with Crippen LogP contribution in [0, 0.1) is 0 Å². The van der Waals surface area contributed by atoms with Gasteiger partial charge in [0.15, 0.2) is 10.9 Å². The SMILES string of the molecule is O=C(CCl)Oc1ccc2c(=O)c(-c3ccc(O)cc3)coc2c1.O=c1c(-c2ccc(O)cc2)coc2cc(O)ccc12. The number of phenolic OH excluding ortho intramolecular Hbond substituents is 3. The van der Waals surface area contributed by atoms with Gasteiger partial charge >= 0.3 is 5.97 Å². The highest BCUT2D eigenvalue weighted by Crippen LogP contribution is 2.25. The van der Waals surface area contributed by atoms with E-state index >= 15 is 0 Å². The number of hydrogen-bond donors (Lipinski definition) is 3. The molecule has 6 aromatic rings. The van der Waals surface area contributed by atoms with Gasteiger partial charge in [-0.05, 0) is 59.7 Å². The van der Waals surface area contributed by atoms with Gasteiger partial charge < -0.3 is 28.9 Å². The van der Waals surface area contributed by atoms with Crippen LogP contribution in [0.3, 0.4) is 0 Å². The highest BCUT2D eigenvalue weighted by Gasteiger charge is 2.12. The molecule has 0 unspecified atom stereocenters. The minimum atomic E-state index is -0.589. The Labute approximate surface area is 242 Å². The molecule has 210 valence electrons. The van der Waals surface area contributed by atoms with Gasteiger partial charge in [-0.15, -0.1) is 11.6 Å². The van der Waals surface area contributed by atoms with Crippen molar-refractivity contribution in [1.82, 2.24) is 0 Å². The number of phenols is 3. The van der Waals surface area contributed by atoms with Crippen LogP contribution < -0.4 is 15.6 Å². The summed E-state index contributed by atoms with van der Waals surface area (Å²) in [5.41, 5.74) is 2.35. The van der Waals surface area contributed by atoms with Crippen LogP contribution in [-0.2, 0) is 4.79 Å². The Balaban J connectivity index is 0.000000171. The van der Waals surface area contributed by atoms with Crippen molar-refractivity contribution in [3.63, 3.8) is 0 Å². The summed E-state index contributed by atoms with van der Waals surface area (Å²) in [6.45, 7) is 0. The number of alkyl halides is 1. The molecule has 0 aliphatic heterocycles. The van der Waals surface area contributed by atoms with E-state index in [4.69, 9.17) is 25.2 Å². The first-order chi connectivity index (χ1) is 20.2. The van der Waals surface area contributed by atoms with Crippen molar-refractivity contribution in [2.24, 2.45) is 0 Å². The molecule has 0 atom stereocenters. The summed E-state index contributed by atoms with van der Waals surface area (Å²) < 4.78 is 15.8. The lowest BCUT2D eigenvalue weighted by Gasteiger charge is -2.05. The fraction of sp³-hybridized carbons (Fsp3) is 0.0312. The van der Waals surface area contributed by atoms with E-state index in [1.807, 2.05) is 0 Å². The number of halogens is 1. The minimum absolute atomic E-state index is 0.0491. The van der Waals surface area contributed by atoms with Crippen LogP contribution in [0.15, 0.2) is 116 Å². The van der Waals surface area contributed by atoms with Gasteiger partial charge in [-0.3, -0.25) is 14.4 Å². The van der Waals surface area contributed by atoms with E-state index in [2.05, 4.69) is 0 Å². The van der Waals surface area contributed by atoms with Crippen LogP contribution in [0.5, 0.6) is 23.0 Å². The van der Waals surface area contributed by atoms with Crippen molar-refractivity contribution in [3.05, 3.63) is 118 Å². The zero-order chi connectivity index (χ0) is 29.8. The molecule has 9 nitrogen and oxygen atoms in total. The largest absolute Gasteiger partial charge is 0.508 e. The molecule has 0 spiro atoms. The normalized spacial score (nSPS) is 10.7. The molecule has 2 heterocycles. The second-order valence-corrected chi connectivity index (χ2v) is 9.26. The number of rotatable bonds is 4. The lowest BCUT2D eigenvalue weighted by Crippen LogP contribution is -2.09. The highest BCUT2D eigenvalue weighted by atomic mass is 35.5. The molecule has 6 rings (SSSR count). The monoisotopic (exact) mass is 584 g/mol. The summed E-state index contributed by atoms with van der Waals surface area (Å²) >= 11 is 5.38. The van der Waals surface area contributed by atoms with E-state index in [9.17, 15) is 29.7 Å². The van der Waals surface area contributed by atoms with Crippen LogP contribution in [0.2, 0.25) is 0 Å². The van der Waals surface area contributed by atoms with Crippen LogP contribution in [0.25, 0.3) is 44.2 Å². The number of carbonyl (C=O) groups excluding carboxylic acids is 1. The Hall–Kier alpha value is -5.54. The van der Waals surface area contributed by atoms with Crippen LogP contribution >= 0.6 is 11.6 Å². The number of esters is 1. The van der Waals surface area contributed by atoms with Gasteiger partial charge in [-0.1, -0.05) is 24.3 Å². The maximum absolute atomic E-state index is 12.6. The van der Waals surface area contributed by atoms with Crippen LogP contribution in [0.4, 0.5) is 0 Å². The molecule has 0 aliphatic carbocycles. The lowest BCUT2D eigenvalue weighted by molar-refractivity contribution is -0.131. The molecule has 10 heteroatoms. The predicted octanol–water partition coefficient (Wildman–Crippen LogP) is 6.18. The zero-order valence-electron chi connectivity index (χ0n) is 21.6. The third-order valence-corrected chi connectivity index (χ3v) is 6.42. The van der Waals surface area contributed by atoms with E-state index in [0.717, 1.165) is 0 Å². The third kappa shape index (κ3) is 5.96. The quantitative estimate of drug-likeness (QED) is 0.125. The smallest absolute Gasteiger partial charge is 0.326 e. The summed E-state index contributed by atoms with van der Waals surface area (Å²) in [5, 5.41) is 28.7. The second-order valence-electron chi connectivity index (χ2n) is 9.00. The molecule has 0 radical (unpaired) electrons. The molecular formula is C32H21ClO9. The van der Waals surface area contributed by atoms with E-state index in [0.29, 0.717) is 44.2 Å². The maximum atomic E-state index is 12.6. The van der Waals surface area contributed by atoms with Crippen molar-refractivity contribution in [2.45, 2.75) is 0 Å². The van der Waals surface area contributed by atoms with Gasteiger partial charge in [0.2, 0.25) is 0 Å². The topological polar surface area (TPSA) is 147 Å². The Morgan fingerprint density at radius 3 is 1.60 bits per heavy atom. The maximum Gasteiger partial charge on any atom is 0.326 e. The fourth-order valence-corrected chi connectivity index (χ4v) is 4.18. The lowest BCUT2D eigenvalue weighted by atomic mass is 10.1. The number of carbonyl (C=O) groups is 1. The van der Waals surface area contributed by atoms with E-state index < -0.39 is 5.97 Å². The second kappa shape index (κ2) is 11.9. The molecule has 0 saturated carbocycles. The van der Waals surface area contributed by atoms with Crippen molar-refractivity contribution in [2.75, 3.05) is 5.88 Å². The van der Waals surface area contributed by atoms with Crippen LogP contribution in [0.1, 0.15) is 0 Å². The first-order valence-electron chi connectivity index (χ1n) is 12.4. The van der Waals surface area contributed by atoms with Gasteiger partial charge in [-0.2, -0.15) is 0 Å². The first kappa shape index (κ1) is 28.0. The average Bonchev–Trinajstić information content (AvgIpc) is 2.99. The molecule has 2 aromatic heterocycles. The molecule has 3 N–H and O–H groups in total. The van der Waals surface area contributed by atoms with Gasteiger partial charge in [0.25, 0.3) is 0 Å². The molecule has 0 saturated heterocycles. The molecule has 0 fully saturated rings. The minimum Gasteiger partial charge on any atom is -0.508 e. The molecule has 42 heavy (non-hydrogen) atoms. The average molecular weight is 585 g/mol. The summed E-state index contributed by atoms with van der Waals surface area (Å²) in [5.74, 6) is -0.295. The molecule has 0 amide bonds. The Kier molecular flexibility index (Phi) is 7.94. The Morgan fingerprint density at radius 1 is 0.643 bits per heavy atom. The molecular weight excluding hydrogens is 564 g/mol. The van der Waals surface area contributed by atoms with E-state index in [1.165, 1.54) is 73.2 Å². The number of ether oxygens (including phenoxy) is 1. The summed E-state index contributed by atoms with van der Waals surface area (Å²) in [6.07, 6.45) is 2.70. The van der Waals surface area contributed by atoms with Crippen molar-refractivity contribution >= 4 is 39.5 Å². The Morgan fingerprint density at radius 2 is 1.10 bits per heavy atom. The van der Waals surface area contributed by atoms with E-state index in [1.54, 1.807) is 24.3 Å². The van der Waals surface area contributed by atoms with Gasteiger partial charge in [-0.25, -0.2) is 0 Å². The number of aromatic hydroxyl groups is 3. The number of benzene rings is 4. The van der Waals surface area contributed by atoms with Crippen LogP contribution in [-0.4, -0.2) is 27.2 Å². The van der Waals surface area contributed by atoms with E-state index in [-0.39, 0.29) is 39.7 Å². The Bertz CT molecular complexity index is 2030. The van der Waals surface area contributed by atoms with Crippen molar-refractivity contribution in [1.29, 1.82) is 0 Å². The molecule has 0 aliphatic rings. The fourth-order valence-electron chi connectivity index (χ4n) is 4.13. The summed E-state index contributed by atoms with van der Waals surface area (Å²) in [4.78, 5) is 36.1. The summed E-state index contributed by atoms with van der Waals surface area (Å²) in [6, 6.07) is 21.4. The van der Waals surface area contributed by atoms with Crippen molar-refractivity contribution < 1.29 is 33.7 Å². The third-order valence-electron chi connectivity index (χ3n) is 6.20. The van der Waals surface area contributed by atoms with Gasteiger partial charge in [0.1, 0.15) is 52.6 Å². The van der Waals surface area contributed by atoms with Gasteiger partial charge in [0, 0.05) is 12.1 Å². The molecule has 4 aromatic carbocycles. The standard InChI is InChI=1S/C17H11ClO5.C15H10O4/c18-8-16(20)23-12-5-6-13-15(7-12)22-9-14(17(13)21)10-1-3-11(19)4-2-10;16-10-3-1-9(2-4-10)13-8-19-14-7-11(17)5-6-12(14)15(13)18/h1-7,9,19H,8H2;1-8,16-17H. The number of fused-ring (bicyclic) bond motifs is 2.